The number of ether oxygens (including phenoxy) is 1. The molecule has 25 heavy (non-hydrogen) atoms. The summed E-state index contributed by atoms with van der Waals surface area (Å²) in [6.07, 6.45) is 3.14. The van der Waals surface area contributed by atoms with E-state index in [1.54, 1.807) is 0 Å². The van der Waals surface area contributed by atoms with Gasteiger partial charge in [0.05, 0.1) is 11.5 Å². The van der Waals surface area contributed by atoms with Gasteiger partial charge in [-0.15, -0.1) is 11.8 Å². The van der Waals surface area contributed by atoms with Crippen molar-refractivity contribution >= 4 is 29.5 Å². The molecule has 3 amide bonds. The summed E-state index contributed by atoms with van der Waals surface area (Å²) in [6, 6.07) is -0.865. The van der Waals surface area contributed by atoms with E-state index < -0.39 is 23.5 Å². The number of nitrogens with zero attached hydrogens (tertiary/aromatic N) is 2. The summed E-state index contributed by atoms with van der Waals surface area (Å²) in [4.78, 5) is 38.9. The molecule has 0 heterocycles. The Kier molecular flexibility index (Phi) is 9.81. The number of likely N-dealkylation sites (N-methyl/N-ethyl adjacent to an activating group) is 2. The molecule has 0 unspecified atom stereocenters. The highest BCUT2D eigenvalue weighted by Crippen LogP contribution is 2.22. The van der Waals surface area contributed by atoms with Gasteiger partial charge in [0.25, 0.3) is 5.91 Å². The Bertz CT molecular complexity index is 508. The highest BCUT2D eigenvalue weighted by atomic mass is 32.2. The van der Waals surface area contributed by atoms with E-state index >= 15 is 0 Å². The SMILES string of the molecule is C=C(C(=O)N(C)[C@@H](CC(C)(C)OCSC)C(N)=O)N(C)C(=O)CCC. The van der Waals surface area contributed by atoms with Crippen molar-refractivity contribution in [1.82, 2.24) is 9.80 Å². The molecule has 1 atom stereocenters. The van der Waals surface area contributed by atoms with Crippen LogP contribution >= 0.6 is 11.8 Å². The lowest BCUT2D eigenvalue weighted by atomic mass is 9.97. The highest BCUT2D eigenvalue weighted by Gasteiger charge is 2.34. The van der Waals surface area contributed by atoms with Crippen molar-refractivity contribution in [3.8, 4) is 0 Å². The predicted octanol–water partition coefficient (Wildman–Crippen LogP) is 1.58. The van der Waals surface area contributed by atoms with E-state index in [9.17, 15) is 14.4 Å². The van der Waals surface area contributed by atoms with Crippen LogP contribution in [0.4, 0.5) is 0 Å². The maximum Gasteiger partial charge on any atom is 0.270 e. The van der Waals surface area contributed by atoms with Crippen molar-refractivity contribution in [2.75, 3.05) is 26.3 Å². The van der Waals surface area contributed by atoms with Crippen LogP contribution in [0, 0.1) is 0 Å². The summed E-state index contributed by atoms with van der Waals surface area (Å²) in [7, 11) is 2.97. The molecule has 0 radical (unpaired) electrons. The fraction of sp³-hybridized carbons (Fsp3) is 0.706. The van der Waals surface area contributed by atoms with Crippen molar-refractivity contribution < 1.29 is 19.1 Å². The van der Waals surface area contributed by atoms with Crippen molar-refractivity contribution in [3.05, 3.63) is 12.3 Å². The third kappa shape index (κ3) is 7.48. The largest absolute Gasteiger partial charge is 0.368 e. The average Bonchev–Trinajstić information content (AvgIpc) is 2.55. The number of amides is 3. The summed E-state index contributed by atoms with van der Waals surface area (Å²) < 4.78 is 5.70. The normalized spacial score (nSPS) is 12.4. The molecule has 0 aliphatic heterocycles. The molecule has 0 aromatic rings. The van der Waals surface area contributed by atoms with E-state index in [4.69, 9.17) is 10.5 Å². The quantitative estimate of drug-likeness (QED) is 0.438. The van der Waals surface area contributed by atoms with Crippen molar-refractivity contribution in [3.63, 3.8) is 0 Å². The molecule has 0 aromatic heterocycles. The third-order valence-corrected chi connectivity index (χ3v) is 4.21. The fourth-order valence-corrected chi connectivity index (χ4v) is 2.63. The van der Waals surface area contributed by atoms with Crippen LogP contribution in [0.5, 0.6) is 0 Å². The molecule has 8 heteroatoms. The van der Waals surface area contributed by atoms with E-state index in [-0.39, 0.29) is 18.0 Å². The molecular formula is C17H31N3O4S. The number of hydrogen-bond donors (Lipinski definition) is 1. The van der Waals surface area contributed by atoms with Gasteiger partial charge in [-0.1, -0.05) is 13.5 Å². The van der Waals surface area contributed by atoms with Crippen molar-refractivity contribution in [1.29, 1.82) is 0 Å². The van der Waals surface area contributed by atoms with Gasteiger partial charge in [0.1, 0.15) is 11.7 Å². The van der Waals surface area contributed by atoms with E-state index in [0.29, 0.717) is 18.8 Å². The molecule has 0 aromatic carbocycles. The van der Waals surface area contributed by atoms with Crippen LogP contribution in [0.1, 0.15) is 40.0 Å². The standard InChI is InChI=1S/C17H31N3O4S/c1-8-9-14(21)19(5)12(2)16(23)20(6)13(15(18)22)10-17(3,4)24-11-25-7/h13H,2,8-11H2,1,3-7H3,(H2,18,22)/t13-/m0/s1. The van der Waals surface area contributed by atoms with Gasteiger partial charge < -0.3 is 20.3 Å². The molecule has 0 saturated carbocycles. The number of carbonyl (C=O) groups is 3. The number of rotatable bonds is 11. The Morgan fingerprint density at radius 2 is 1.84 bits per heavy atom. The van der Waals surface area contributed by atoms with Gasteiger partial charge in [-0.05, 0) is 26.5 Å². The van der Waals surface area contributed by atoms with Gasteiger partial charge in [0.2, 0.25) is 11.8 Å². The first kappa shape index (κ1) is 23.5. The molecule has 0 fully saturated rings. The van der Waals surface area contributed by atoms with Gasteiger partial charge in [-0.3, -0.25) is 14.4 Å². The van der Waals surface area contributed by atoms with E-state index in [2.05, 4.69) is 6.58 Å². The van der Waals surface area contributed by atoms with Crippen LogP contribution in [-0.2, 0) is 19.1 Å². The van der Waals surface area contributed by atoms with Gasteiger partial charge in [0, 0.05) is 26.9 Å². The molecule has 0 aliphatic carbocycles. The molecule has 0 bridgehead atoms. The second-order valence-corrected chi connectivity index (χ2v) is 7.31. The number of nitrogens with two attached hydrogens (primary N) is 1. The lowest BCUT2D eigenvalue weighted by Crippen LogP contribution is -2.51. The van der Waals surface area contributed by atoms with Gasteiger partial charge in [-0.2, -0.15) is 0 Å². The lowest BCUT2D eigenvalue weighted by Gasteiger charge is -2.34. The molecule has 144 valence electrons. The second-order valence-electron chi connectivity index (χ2n) is 6.50. The lowest BCUT2D eigenvalue weighted by molar-refractivity contribution is -0.140. The number of hydrogen-bond acceptors (Lipinski definition) is 5. The summed E-state index contributed by atoms with van der Waals surface area (Å²) in [5, 5.41) is 0. The predicted molar refractivity (Wildman–Crippen MR) is 101 cm³/mol. The number of thioether (sulfide) groups is 1. The van der Waals surface area contributed by atoms with Crippen LogP contribution in [-0.4, -0.2) is 65.5 Å². The zero-order chi connectivity index (χ0) is 19.8. The second kappa shape index (κ2) is 10.5. The van der Waals surface area contributed by atoms with E-state index in [0.717, 1.165) is 0 Å². The molecule has 0 aliphatic rings. The minimum absolute atomic E-state index is 0.00929. The van der Waals surface area contributed by atoms with Gasteiger partial charge >= 0.3 is 0 Å². The van der Waals surface area contributed by atoms with E-state index in [1.807, 2.05) is 27.0 Å². The first-order valence-corrected chi connectivity index (χ1v) is 9.52. The van der Waals surface area contributed by atoms with Crippen LogP contribution in [0.2, 0.25) is 0 Å². The molecule has 2 N–H and O–H groups in total. The molecule has 0 rings (SSSR count). The summed E-state index contributed by atoms with van der Waals surface area (Å²) in [6.45, 7) is 9.24. The molecule has 7 nitrogen and oxygen atoms in total. The Labute approximate surface area is 154 Å². The zero-order valence-electron chi connectivity index (χ0n) is 16.1. The summed E-state index contributed by atoms with van der Waals surface area (Å²) in [5.41, 5.74) is 4.86. The maximum absolute atomic E-state index is 12.6. The Morgan fingerprint density at radius 1 is 1.28 bits per heavy atom. The average molecular weight is 374 g/mol. The first-order chi connectivity index (χ1) is 11.5. The Balaban J connectivity index is 5.17. The number of primary amides is 1. The molecule has 0 spiro atoms. The summed E-state index contributed by atoms with van der Waals surface area (Å²) in [5.74, 6) is -0.881. The minimum Gasteiger partial charge on any atom is -0.368 e. The highest BCUT2D eigenvalue weighted by molar-refractivity contribution is 7.98. The minimum atomic E-state index is -0.865. The van der Waals surface area contributed by atoms with Crippen molar-refractivity contribution in [2.24, 2.45) is 5.73 Å². The molecular weight excluding hydrogens is 342 g/mol. The topological polar surface area (TPSA) is 92.9 Å². The smallest absolute Gasteiger partial charge is 0.270 e. The monoisotopic (exact) mass is 373 g/mol. The third-order valence-electron chi connectivity index (χ3n) is 3.86. The van der Waals surface area contributed by atoms with Crippen LogP contribution in [0.3, 0.4) is 0 Å². The summed E-state index contributed by atoms with van der Waals surface area (Å²) >= 11 is 1.52. The zero-order valence-corrected chi connectivity index (χ0v) is 16.9. The van der Waals surface area contributed by atoms with Gasteiger partial charge in [0.15, 0.2) is 0 Å². The Morgan fingerprint density at radius 3 is 2.28 bits per heavy atom. The maximum atomic E-state index is 12.6. The Hall–Kier alpha value is -1.54. The van der Waals surface area contributed by atoms with Crippen LogP contribution in [0.15, 0.2) is 12.3 Å². The van der Waals surface area contributed by atoms with Crippen LogP contribution < -0.4 is 5.73 Å². The van der Waals surface area contributed by atoms with Crippen LogP contribution in [0.25, 0.3) is 0 Å². The first-order valence-electron chi connectivity index (χ1n) is 8.13. The fourth-order valence-electron chi connectivity index (χ4n) is 2.19. The van der Waals surface area contributed by atoms with Crippen molar-refractivity contribution in [2.45, 2.75) is 51.7 Å². The number of carbonyl (C=O) groups excluding carboxylic acids is 3. The van der Waals surface area contributed by atoms with E-state index in [1.165, 1.54) is 35.7 Å². The molecule has 0 saturated heterocycles. The van der Waals surface area contributed by atoms with Gasteiger partial charge in [-0.25, -0.2) is 0 Å².